The Balaban J connectivity index is 1.52. The standard InChI is InChI=1S/C29H27FN2O6/c1-3-4-15-37-23-12-10-22(11-13-23)32-28(34)24(27(33)31-29(32)35)16-20-7-14-25(26(17-20)36-2)38-18-19-5-8-21(30)9-6-19/h5-14,16-17H,3-4,15,18H2,1-2H3,(H,31,33,35)/b24-16-. The molecule has 1 saturated heterocycles. The molecule has 0 spiro atoms. The van der Waals surface area contributed by atoms with Crippen LogP contribution in [0.3, 0.4) is 0 Å². The van der Waals surface area contributed by atoms with Gasteiger partial charge in [0.25, 0.3) is 11.8 Å². The number of hydrogen-bond donors (Lipinski definition) is 1. The first kappa shape index (κ1) is 26.4. The van der Waals surface area contributed by atoms with Crippen LogP contribution >= 0.6 is 0 Å². The summed E-state index contributed by atoms with van der Waals surface area (Å²) in [6, 6.07) is 16.5. The highest BCUT2D eigenvalue weighted by molar-refractivity contribution is 6.39. The van der Waals surface area contributed by atoms with Crippen LogP contribution in [0.4, 0.5) is 14.9 Å². The van der Waals surface area contributed by atoms with Crippen LogP contribution in [0.25, 0.3) is 6.08 Å². The summed E-state index contributed by atoms with van der Waals surface area (Å²) in [6.45, 7) is 2.82. The normalized spacial score (nSPS) is 14.4. The van der Waals surface area contributed by atoms with Gasteiger partial charge in [0.2, 0.25) is 0 Å². The van der Waals surface area contributed by atoms with Gasteiger partial charge in [0.15, 0.2) is 11.5 Å². The van der Waals surface area contributed by atoms with Crippen LogP contribution in [-0.4, -0.2) is 31.6 Å². The quantitative estimate of drug-likeness (QED) is 0.224. The molecule has 1 heterocycles. The third kappa shape index (κ3) is 6.18. The highest BCUT2D eigenvalue weighted by atomic mass is 19.1. The zero-order valence-electron chi connectivity index (χ0n) is 21.0. The summed E-state index contributed by atoms with van der Waals surface area (Å²) in [5, 5.41) is 2.21. The van der Waals surface area contributed by atoms with Crippen LogP contribution < -0.4 is 24.4 Å². The van der Waals surface area contributed by atoms with Crippen molar-refractivity contribution >= 4 is 29.6 Å². The number of anilines is 1. The number of carbonyl (C=O) groups is 3. The molecule has 1 aliphatic heterocycles. The molecule has 1 fully saturated rings. The Morgan fingerprint density at radius 3 is 2.34 bits per heavy atom. The summed E-state index contributed by atoms with van der Waals surface area (Å²) >= 11 is 0. The third-order valence-corrected chi connectivity index (χ3v) is 5.77. The molecule has 0 aliphatic carbocycles. The maximum atomic E-state index is 13.2. The molecule has 9 heteroatoms. The van der Waals surface area contributed by atoms with E-state index in [1.807, 2.05) is 0 Å². The summed E-state index contributed by atoms with van der Waals surface area (Å²) in [5.74, 6) is -0.472. The fourth-order valence-corrected chi connectivity index (χ4v) is 3.72. The number of halogens is 1. The van der Waals surface area contributed by atoms with Gasteiger partial charge in [0.1, 0.15) is 23.7 Å². The number of unbranched alkanes of at least 4 members (excludes halogenated alkanes) is 1. The molecular weight excluding hydrogens is 491 g/mol. The second-order valence-corrected chi connectivity index (χ2v) is 8.48. The average molecular weight is 519 g/mol. The van der Waals surface area contributed by atoms with E-state index in [1.165, 1.54) is 25.3 Å². The van der Waals surface area contributed by atoms with Gasteiger partial charge in [0.05, 0.1) is 19.4 Å². The van der Waals surface area contributed by atoms with Crippen molar-refractivity contribution in [3.8, 4) is 17.2 Å². The molecule has 1 aliphatic rings. The lowest BCUT2D eigenvalue weighted by molar-refractivity contribution is -0.122. The van der Waals surface area contributed by atoms with Gasteiger partial charge in [0, 0.05) is 0 Å². The average Bonchev–Trinajstić information content (AvgIpc) is 2.92. The minimum Gasteiger partial charge on any atom is -0.494 e. The maximum absolute atomic E-state index is 13.2. The largest absolute Gasteiger partial charge is 0.494 e. The Labute approximate surface area is 219 Å². The Morgan fingerprint density at radius 1 is 0.921 bits per heavy atom. The van der Waals surface area contributed by atoms with Gasteiger partial charge in [-0.25, -0.2) is 14.1 Å². The first-order chi connectivity index (χ1) is 18.4. The van der Waals surface area contributed by atoms with Gasteiger partial charge in [-0.2, -0.15) is 0 Å². The Hall–Kier alpha value is -4.66. The van der Waals surface area contributed by atoms with Crippen LogP contribution in [-0.2, 0) is 16.2 Å². The zero-order chi connectivity index (χ0) is 27.1. The Morgan fingerprint density at radius 2 is 1.66 bits per heavy atom. The van der Waals surface area contributed by atoms with Crippen LogP contribution in [0, 0.1) is 5.82 Å². The molecule has 8 nitrogen and oxygen atoms in total. The minimum absolute atomic E-state index is 0.192. The molecule has 3 aromatic rings. The van der Waals surface area contributed by atoms with Crippen molar-refractivity contribution in [3.05, 3.63) is 89.2 Å². The van der Waals surface area contributed by atoms with E-state index in [2.05, 4.69) is 12.2 Å². The van der Waals surface area contributed by atoms with Crippen LogP contribution in [0.1, 0.15) is 30.9 Å². The number of rotatable bonds is 10. The fourth-order valence-electron chi connectivity index (χ4n) is 3.72. The number of hydrogen-bond acceptors (Lipinski definition) is 6. The van der Waals surface area contributed by atoms with Crippen molar-refractivity contribution in [3.63, 3.8) is 0 Å². The number of barbiturate groups is 1. The molecule has 196 valence electrons. The monoisotopic (exact) mass is 518 g/mol. The second-order valence-electron chi connectivity index (χ2n) is 8.48. The smallest absolute Gasteiger partial charge is 0.335 e. The lowest BCUT2D eigenvalue weighted by Crippen LogP contribution is -2.54. The molecule has 38 heavy (non-hydrogen) atoms. The lowest BCUT2D eigenvalue weighted by atomic mass is 10.1. The van der Waals surface area contributed by atoms with Crippen LogP contribution in [0.15, 0.2) is 72.3 Å². The van der Waals surface area contributed by atoms with Crippen molar-refractivity contribution < 1.29 is 33.0 Å². The van der Waals surface area contributed by atoms with Gasteiger partial charge in [-0.1, -0.05) is 31.5 Å². The number of methoxy groups -OCH3 is 1. The first-order valence-electron chi connectivity index (χ1n) is 12.1. The summed E-state index contributed by atoms with van der Waals surface area (Å²) in [7, 11) is 1.46. The molecule has 4 amide bonds. The molecule has 3 aromatic carbocycles. The molecule has 0 aromatic heterocycles. The predicted octanol–water partition coefficient (Wildman–Crippen LogP) is 5.26. The summed E-state index contributed by atoms with van der Waals surface area (Å²) in [5.41, 5.74) is 1.35. The van der Waals surface area contributed by atoms with Crippen molar-refractivity contribution in [2.24, 2.45) is 0 Å². The molecule has 0 saturated carbocycles. The van der Waals surface area contributed by atoms with Crippen LogP contribution in [0.2, 0.25) is 0 Å². The van der Waals surface area contributed by atoms with E-state index in [-0.39, 0.29) is 18.0 Å². The number of ether oxygens (including phenoxy) is 3. The first-order valence-corrected chi connectivity index (χ1v) is 12.1. The van der Waals surface area contributed by atoms with Gasteiger partial charge in [-0.3, -0.25) is 14.9 Å². The van der Waals surface area contributed by atoms with E-state index in [9.17, 15) is 18.8 Å². The van der Waals surface area contributed by atoms with E-state index >= 15 is 0 Å². The third-order valence-electron chi connectivity index (χ3n) is 5.77. The highest BCUT2D eigenvalue weighted by Crippen LogP contribution is 2.31. The van der Waals surface area contributed by atoms with Gasteiger partial charge >= 0.3 is 6.03 Å². The molecule has 0 atom stereocenters. The Kier molecular flexibility index (Phi) is 8.37. The fraction of sp³-hybridized carbons (Fsp3) is 0.207. The van der Waals surface area contributed by atoms with Gasteiger partial charge in [-0.05, 0) is 72.2 Å². The molecule has 0 unspecified atom stereocenters. The number of nitrogens with one attached hydrogen (secondary N) is 1. The van der Waals surface area contributed by atoms with E-state index in [0.29, 0.717) is 35.1 Å². The zero-order valence-corrected chi connectivity index (χ0v) is 21.0. The van der Waals surface area contributed by atoms with Gasteiger partial charge in [-0.15, -0.1) is 0 Å². The topological polar surface area (TPSA) is 94.2 Å². The van der Waals surface area contributed by atoms with Gasteiger partial charge < -0.3 is 14.2 Å². The molecular formula is C29H27FN2O6. The molecule has 1 N–H and O–H groups in total. The summed E-state index contributed by atoms with van der Waals surface area (Å²) < 4.78 is 30.0. The number of nitrogens with zero attached hydrogens (tertiary/aromatic N) is 1. The second kappa shape index (κ2) is 12.1. The number of urea groups is 1. The summed E-state index contributed by atoms with van der Waals surface area (Å²) in [4.78, 5) is 39.2. The number of carbonyl (C=O) groups excluding carboxylic acids is 3. The molecule has 0 radical (unpaired) electrons. The van der Waals surface area contributed by atoms with E-state index in [0.717, 1.165) is 23.3 Å². The van der Waals surface area contributed by atoms with Crippen molar-refractivity contribution in [1.82, 2.24) is 5.32 Å². The van der Waals surface area contributed by atoms with Crippen LogP contribution in [0.5, 0.6) is 17.2 Å². The SMILES string of the molecule is CCCCOc1ccc(N2C(=O)NC(=O)/C(=C/c3ccc(OCc4ccc(F)cc4)c(OC)c3)C2=O)cc1. The predicted molar refractivity (Wildman–Crippen MR) is 140 cm³/mol. The molecule has 0 bridgehead atoms. The summed E-state index contributed by atoms with van der Waals surface area (Å²) in [6.07, 6.45) is 3.30. The van der Waals surface area contributed by atoms with E-state index < -0.39 is 17.8 Å². The Bertz CT molecular complexity index is 1350. The van der Waals surface area contributed by atoms with Crippen molar-refractivity contribution in [2.45, 2.75) is 26.4 Å². The van der Waals surface area contributed by atoms with E-state index in [1.54, 1.807) is 54.6 Å². The highest BCUT2D eigenvalue weighted by Gasteiger charge is 2.36. The molecule has 4 rings (SSSR count). The number of amides is 4. The van der Waals surface area contributed by atoms with E-state index in [4.69, 9.17) is 14.2 Å². The number of imide groups is 2. The maximum Gasteiger partial charge on any atom is 0.335 e. The number of benzene rings is 3. The van der Waals surface area contributed by atoms with Crippen molar-refractivity contribution in [2.75, 3.05) is 18.6 Å². The lowest BCUT2D eigenvalue weighted by Gasteiger charge is -2.26. The minimum atomic E-state index is -0.834. The van der Waals surface area contributed by atoms with Crippen molar-refractivity contribution in [1.29, 1.82) is 0 Å².